The van der Waals surface area contributed by atoms with Crippen LogP contribution in [0.25, 0.3) is 0 Å². The Morgan fingerprint density at radius 2 is 1.85 bits per heavy atom. The number of esters is 1. The van der Waals surface area contributed by atoms with Crippen LogP contribution in [0.4, 0.5) is 11.8 Å². The van der Waals surface area contributed by atoms with Gasteiger partial charge in [0.1, 0.15) is 23.1 Å². The number of benzene rings is 1. The van der Waals surface area contributed by atoms with Crippen LogP contribution in [0.1, 0.15) is 76.8 Å². The van der Waals surface area contributed by atoms with Crippen molar-refractivity contribution in [2.75, 3.05) is 17.2 Å². The van der Waals surface area contributed by atoms with Crippen molar-refractivity contribution in [1.82, 2.24) is 9.97 Å². The molecule has 1 heterocycles. The summed E-state index contributed by atoms with van der Waals surface area (Å²) in [5.41, 5.74) is 0.973. The van der Waals surface area contributed by atoms with Gasteiger partial charge >= 0.3 is 5.97 Å². The van der Waals surface area contributed by atoms with Crippen molar-refractivity contribution in [3.63, 3.8) is 0 Å². The number of carbonyl (C=O) groups excluding carboxylic acids is 1. The van der Waals surface area contributed by atoms with Gasteiger partial charge in [-0.25, -0.2) is 4.98 Å². The van der Waals surface area contributed by atoms with Gasteiger partial charge in [0.15, 0.2) is 0 Å². The maximum Gasteiger partial charge on any atom is 0.306 e. The predicted molar refractivity (Wildman–Crippen MR) is 154 cm³/mol. The fraction of sp³-hybridized carbons (Fsp3) is 0.600. The molecule has 0 radical (unpaired) electrons. The van der Waals surface area contributed by atoms with Crippen LogP contribution in [0.15, 0.2) is 24.4 Å². The summed E-state index contributed by atoms with van der Waals surface area (Å²) in [6.45, 7) is 6.94. The normalized spacial score (nSPS) is 27.2. The second kappa shape index (κ2) is 11.1. The summed E-state index contributed by atoms with van der Waals surface area (Å²) in [5.74, 6) is 3.54. The minimum Gasteiger partial charge on any atom is -0.460 e. The van der Waals surface area contributed by atoms with Gasteiger partial charge in [-0.05, 0) is 101 Å². The van der Waals surface area contributed by atoms with Gasteiger partial charge in [-0.2, -0.15) is 10.2 Å². The molecule has 2 N–H and O–H groups in total. The van der Waals surface area contributed by atoms with Crippen LogP contribution in [-0.4, -0.2) is 28.1 Å². The number of ether oxygens (including phenoxy) is 1. The lowest BCUT2D eigenvalue weighted by molar-refractivity contribution is -0.156. The molecular formula is C30H37Cl2N5O2. The zero-order chi connectivity index (χ0) is 27.8. The Hall–Kier alpha value is -2.56. The first-order valence-electron chi connectivity index (χ1n) is 13.9. The average molecular weight is 571 g/mol. The number of aromatic nitrogens is 2. The second-order valence-electron chi connectivity index (χ2n) is 12.7. The van der Waals surface area contributed by atoms with Gasteiger partial charge in [-0.15, -0.1) is 0 Å². The van der Waals surface area contributed by atoms with E-state index in [1.165, 1.54) is 19.3 Å². The molecule has 4 aliphatic carbocycles. The van der Waals surface area contributed by atoms with E-state index in [-0.39, 0.29) is 11.4 Å². The van der Waals surface area contributed by atoms with Gasteiger partial charge in [0.05, 0.1) is 6.20 Å². The van der Waals surface area contributed by atoms with Gasteiger partial charge in [-0.1, -0.05) is 29.3 Å². The monoisotopic (exact) mass is 569 g/mol. The lowest BCUT2D eigenvalue weighted by Gasteiger charge is -2.60. The number of nitriles is 1. The van der Waals surface area contributed by atoms with Crippen molar-refractivity contribution in [2.24, 2.45) is 29.1 Å². The Balaban J connectivity index is 1.22. The van der Waals surface area contributed by atoms with E-state index in [9.17, 15) is 10.1 Å². The smallest absolute Gasteiger partial charge is 0.306 e. The van der Waals surface area contributed by atoms with E-state index in [4.69, 9.17) is 27.9 Å². The van der Waals surface area contributed by atoms with Gasteiger partial charge in [-0.3, -0.25) is 4.79 Å². The molecule has 4 saturated carbocycles. The molecule has 9 heteroatoms. The molecule has 1 aromatic carbocycles. The molecule has 3 unspecified atom stereocenters. The summed E-state index contributed by atoms with van der Waals surface area (Å²) in [7, 11) is 0. The molecule has 2 aromatic rings. The number of anilines is 2. The molecule has 0 amide bonds. The molecule has 1 aromatic heterocycles. The summed E-state index contributed by atoms with van der Waals surface area (Å²) >= 11 is 12.6. The standard InChI is InChI=1S/C30H37Cl2N5O2/c1-29(2,3)39-26(38)8-7-22-19-9-18-10-20(22)13-30(11-18,12-19)17-36-27-21(14-33)15-34-28(37-27)35-16-23-24(31)5-4-6-25(23)32/h4-6,15,18-20,22H,7-13,16-17H2,1-3H3,(H2,34,35,36,37)/t18?,19-,20+,22?,30?. The summed E-state index contributed by atoms with van der Waals surface area (Å²) in [5, 5.41) is 17.6. The number of nitrogens with zero attached hydrogens (tertiary/aromatic N) is 3. The van der Waals surface area contributed by atoms with E-state index in [1.807, 2.05) is 26.8 Å². The molecule has 39 heavy (non-hydrogen) atoms. The molecule has 7 nitrogen and oxygen atoms in total. The first-order chi connectivity index (χ1) is 18.5. The van der Waals surface area contributed by atoms with Gasteiger partial charge in [0, 0.05) is 35.1 Å². The number of carbonyl (C=O) groups is 1. The Morgan fingerprint density at radius 3 is 2.49 bits per heavy atom. The number of hydrogen-bond acceptors (Lipinski definition) is 7. The Labute approximate surface area is 241 Å². The first-order valence-corrected chi connectivity index (χ1v) is 14.7. The third kappa shape index (κ3) is 6.44. The molecule has 5 atom stereocenters. The summed E-state index contributed by atoms with van der Waals surface area (Å²) in [6.07, 6.45) is 9.07. The number of nitrogens with one attached hydrogen (secondary N) is 2. The van der Waals surface area contributed by atoms with Crippen molar-refractivity contribution < 1.29 is 9.53 Å². The number of halogens is 2. The summed E-state index contributed by atoms with van der Waals surface area (Å²) in [4.78, 5) is 21.3. The summed E-state index contributed by atoms with van der Waals surface area (Å²) in [6, 6.07) is 7.62. The van der Waals surface area contributed by atoms with Crippen LogP contribution < -0.4 is 10.6 Å². The third-order valence-corrected chi connectivity index (χ3v) is 9.43. The first kappa shape index (κ1) is 28.0. The van der Waals surface area contributed by atoms with Crippen LogP contribution >= 0.6 is 23.2 Å². The zero-order valence-corrected chi connectivity index (χ0v) is 24.4. The van der Waals surface area contributed by atoms with Crippen LogP contribution in [0.3, 0.4) is 0 Å². The summed E-state index contributed by atoms with van der Waals surface area (Å²) < 4.78 is 5.57. The highest BCUT2D eigenvalue weighted by Crippen LogP contribution is 2.63. The van der Waals surface area contributed by atoms with Gasteiger partial charge in [0.2, 0.25) is 5.95 Å². The highest BCUT2D eigenvalue weighted by atomic mass is 35.5. The number of rotatable bonds is 9. The van der Waals surface area contributed by atoms with Crippen molar-refractivity contribution >= 4 is 40.9 Å². The average Bonchev–Trinajstić information content (AvgIpc) is 2.85. The van der Waals surface area contributed by atoms with Crippen LogP contribution in [0, 0.1) is 40.4 Å². The minimum atomic E-state index is -0.433. The van der Waals surface area contributed by atoms with E-state index >= 15 is 0 Å². The van der Waals surface area contributed by atoms with E-state index in [0.717, 1.165) is 37.3 Å². The van der Waals surface area contributed by atoms with Crippen LogP contribution in [0.5, 0.6) is 0 Å². The zero-order valence-electron chi connectivity index (χ0n) is 22.9. The molecular weight excluding hydrogens is 533 g/mol. The van der Waals surface area contributed by atoms with Gasteiger partial charge < -0.3 is 15.4 Å². The van der Waals surface area contributed by atoms with E-state index < -0.39 is 5.60 Å². The van der Waals surface area contributed by atoms with Crippen molar-refractivity contribution in [3.05, 3.63) is 45.6 Å². The molecule has 0 aliphatic heterocycles. The maximum absolute atomic E-state index is 12.4. The lowest BCUT2D eigenvalue weighted by atomic mass is 9.45. The Kier molecular flexibility index (Phi) is 7.99. The van der Waals surface area contributed by atoms with E-state index in [1.54, 1.807) is 18.3 Å². The molecule has 4 aliphatic rings. The molecule has 208 valence electrons. The quantitative estimate of drug-likeness (QED) is 0.307. The third-order valence-electron chi connectivity index (χ3n) is 8.72. The van der Waals surface area contributed by atoms with E-state index in [0.29, 0.717) is 58.1 Å². The largest absolute Gasteiger partial charge is 0.460 e. The maximum atomic E-state index is 12.4. The van der Waals surface area contributed by atoms with Crippen molar-refractivity contribution in [2.45, 2.75) is 77.9 Å². The number of hydrogen-bond donors (Lipinski definition) is 2. The molecule has 6 rings (SSSR count). The second-order valence-corrected chi connectivity index (χ2v) is 13.5. The lowest BCUT2D eigenvalue weighted by Crippen LogP contribution is -2.53. The molecule has 4 bridgehead atoms. The predicted octanol–water partition coefficient (Wildman–Crippen LogP) is 7.24. The van der Waals surface area contributed by atoms with Gasteiger partial charge in [0.25, 0.3) is 0 Å². The molecule has 4 fully saturated rings. The van der Waals surface area contributed by atoms with Crippen LogP contribution in [-0.2, 0) is 16.1 Å². The molecule has 0 saturated heterocycles. The Morgan fingerprint density at radius 1 is 1.15 bits per heavy atom. The fourth-order valence-corrected chi connectivity index (χ4v) is 8.02. The van der Waals surface area contributed by atoms with E-state index in [2.05, 4.69) is 26.7 Å². The highest BCUT2D eigenvalue weighted by molar-refractivity contribution is 6.36. The molecule has 0 spiro atoms. The Bertz CT molecular complexity index is 1230. The fourth-order valence-electron chi connectivity index (χ4n) is 7.49. The highest BCUT2D eigenvalue weighted by Gasteiger charge is 2.54. The topological polar surface area (TPSA) is 99.9 Å². The van der Waals surface area contributed by atoms with Crippen molar-refractivity contribution in [1.29, 1.82) is 5.26 Å². The minimum absolute atomic E-state index is 0.0818. The SMILES string of the molecule is CC(C)(C)OC(=O)CCC1[C@@H]2CC3C[C@H]1CC(CNc1nc(NCc4c(Cl)cccc4Cl)ncc1C#N)(C3)C2. The van der Waals surface area contributed by atoms with Crippen molar-refractivity contribution in [3.8, 4) is 6.07 Å². The van der Waals surface area contributed by atoms with Crippen LogP contribution in [0.2, 0.25) is 10.0 Å².